The minimum Gasteiger partial charge on any atom is -0.449 e. The third kappa shape index (κ3) is 4.76. The summed E-state index contributed by atoms with van der Waals surface area (Å²) in [5.41, 5.74) is 10.2. The van der Waals surface area contributed by atoms with Crippen LogP contribution in [0.3, 0.4) is 0 Å². The number of benzene rings is 3. The molecule has 0 saturated heterocycles. The van der Waals surface area contributed by atoms with Gasteiger partial charge in [-0.3, -0.25) is 10.1 Å². The largest absolute Gasteiger partial charge is 0.449 e. The second-order valence-electron chi connectivity index (χ2n) is 7.45. The monoisotopic (exact) mass is 461 g/mol. The second-order valence-corrected chi connectivity index (χ2v) is 7.86. The molecule has 0 aromatic heterocycles. The van der Waals surface area contributed by atoms with Crippen LogP contribution in [0.2, 0.25) is 5.02 Å². The van der Waals surface area contributed by atoms with E-state index in [-0.39, 0.29) is 35.5 Å². The normalized spacial score (nSPS) is 11.7. The Hall–Kier alpha value is -4.02. The van der Waals surface area contributed by atoms with Crippen molar-refractivity contribution < 1.29 is 14.5 Å². The number of carbonyl (C=O) groups is 1. The first-order valence-electron chi connectivity index (χ1n) is 10.3. The van der Waals surface area contributed by atoms with E-state index in [1.54, 1.807) is 0 Å². The Labute approximate surface area is 195 Å². The number of ether oxygens (including phenoxy) is 1. The molecule has 1 amide bonds. The third-order valence-electron chi connectivity index (χ3n) is 5.40. The molecule has 1 aliphatic carbocycles. The van der Waals surface area contributed by atoms with Crippen LogP contribution in [0.25, 0.3) is 11.1 Å². The fraction of sp³-hybridized carbons (Fsp3) is 0.160. The lowest BCUT2D eigenvalue weighted by molar-refractivity contribution is -0.383. The first-order chi connectivity index (χ1) is 16.0. The van der Waals surface area contributed by atoms with Gasteiger partial charge in [-0.15, -0.1) is 0 Å². The SMILES string of the molecule is Nc1cc(Cl)c(C#CCCNC(=O)OCC2c3ccccc3-c3ccccc32)cc1[N+](=O)[O-]. The number of fused-ring (bicyclic) bond motifs is 3. The molecule has 0 heterocycles. The maximum Gasteiger partial charge on any atom is 0.407 e. The molecule has 33 heavy (non-hydrogen) atoms. The van der Waals surface area contributed by atoms with Crippen molar-refractivity contribution in [3.63, 3.8) is 0 Å². The summed E-state index contributed by atoms with van der Waals surface area (Å²) in [5, 5.41) is 13.9. The zero-order valence-electron chi connectivity index (χ0n) is 17.5. The summed E-state index contributed by atoms with van der Waals surface area (Å²) in [6.07, 6.45) is -0.210. The maximum atomic E-state index is 12.2. The smallest absolute Gasteiger partial charge is 0.407 e. The van der Waals surface area contributed by atoms with E-state index >= 15 is 0 Å². The summed E-state index contributed by atoms with van der Waals surface area (Å²) >= 11 is 6.05. The molecule has 1 aliphatic rings. The second kappa shape index (κ2) is 9.63. The fourth-order valence-corrected chi connectivity index (χ4v) is 4.08. The van der Waals surface area contributed by atoms with Crippen molar-refractivity contribution in [1.82, 2.24) is 5.32 Å². The number of hydrogen-bond donors (Lipinski definition) is 2. The van der Waals surface area contributed by atoms with Crippen molar-refractivity contribution in [3.05, 3.63) is 92.5 Å². The van der Waals surface area contributed by atoms with Gasteiger partial charge >= 0.3 is 6.09 Å². The number of rotatable bonds is 5. The van der Waals surface area contributed by atoms with E-state index in [0.717, 1.165) is 11.1 Å². The van der Waals surface area contributed by atoms with Crippen LogP contribution in [0.15, 0.2) is 60.7 Å². The number of nitrogens with two attached hydrogens (primary N) is 1. The molecular formula is C25H20ClN3O4. The van der Waals surface area contributed by atoms with Gasteiger partial charge in [0.2, 0.25) is 0 Å². The lowest BCUT2D eigenvalue weighted by Crippen LogP contribution is -2.26. The summed E-state index contributed by atoms with van der Waals surface area (Å²) in [4.78, 5) is 22.6. The van der Waals surface area contributed by atoms with Crippen LogP contribution in [0.4, 0.5) is 16.2 Å². The molecule has 0 atom stereocenters. The number of nitrogen functional groups attached to an aromatic ring is 1. The van der Waals surface area contributed by atoms with Crippen LogP contribution < -0.4 is 11.1 Å². The average Bonchev–Trinajstić information content (AvgIpc) is 3.12. The van der Waals surface area contributed by atoms with Crippen molar-refractivity contribution in [2.45, 2.75) is 12.3 Å². The Morgan fingerprint density at radius 1 is 1.12 bits per heavy atom. The number of anilines is 1. The first-order valence-corrected chi connectivity index (χ1v) is 10.6. The van der Waals surface area contributed by atoms with Gasteiger partial charge in [-0.05, 0) is 28.3 Å². The number of nitro groups is 1. The Kier molecular flexibility index (Phi) is 6.48. The predicted octanol–water partition coefficient (Wildman–Crippen LogP) is 5.11. The van der Waals surface area contributed by atoms with Crippen LogP contribution in [0.1, 0.15) is 29.0 Å². The lowest BCUT2D eigenvalue weighted by Gasteiger charge is -2.14. The van der Waals surface area contributed by atoms with Crippen LogP contribution in [0, 0.1) is 22.0 Å². The summed E-state index contributed by atoms with van der Waals surface area (Å²) in [5.74, 6) is 5.60. The highest BCUT2D eigenvalue weighted by atomic mass is 35.5. The molecular weight excluding hydrogens is 442 g/mol. The molecule has 0 fully saturated rings. The van der Waals surface area contributed by atoms with Gasteiger partial charge in [-0.2, -0.15) is 0 Å². The maximum absolute atomic E-state index is 12.2. The van der Waals surface area contributed by atoms with Gasteiger partial charge in [-0.25, -0.2) is 4.79 Å². The molecule has 0 radical (unpaired) electrons. The molecule has 0 saturated carbocycles. The van der Waals surface area contributed by atoms with Crippen molar-refractivity contribution in [1.29, 1.82) is 0 Å². The summed E-state index contributed by atoms with van der Waals surface area (Å²) in [6, 6.07) is 18.8. The van der Waals surface area contributed by atoms with Crippen LogP contribution >= 0.6 is 11.6 Å². The minimum atomic E-state index is -0.588. The number of amides is 1. The summed E-state index contributed by atoms with van der Waals surface area (Å²) in [6.45, 7) is 0.495. The summed E-state index contributed by atoms with van der Waals surface area (Å²) < 4.78 is 5.47. The highest BCUT2D eigenvalue weighted by Crippen LogP contribution is 2.44. The zero-order valence-corrected chi connectivity index (χ0v) is 18.3. The topological polar surface area (TPSA) is 107 Å². The van der Waals surface area contributed by atoms with Crippen molar-refractivity contribution in [2.75, 3.05) is 18.9 Å². The Morgan fingerprint density at radius 3 is 2.39 bits per heavy atom. The molecule has 0 aliphatic heterocycles. The Morgan fingerprint density at radius 2 is 1.76 bits per heavy atom. The van der Waals surface area contributed by atoms with Crippen molar-refractivity contribution in [2.24, 2.45) is 0 Å². The number of carbonyl (C=O) groups excluding carboxylic acids is 1. The number of alkyl carbamates (subject to hydrolysis) is 1. The number of halogens is 1. The third-order valence-corrected chi connectivity index (χ3v) is 5.71. The van der Waals surface area contributed by atoms with Gasteiger partial charge in [0, 0.05) is 24.9 Å². The quantitative estimate of drug-likeness (QED) is 0.180. The molecule has 3 aromatic carbocycles. The minimum absolute atomic E-state index is 0.00797. The van der Waals surface area contributed by atoms with Gasteiger partial charge in [0.1, 0.15) is 12.3 Å². The molecule has 3 N–H and O–H groups in total. The van der Waals surface area contributed by atoms with Crippen LogP contribution in [0.5, 0.6) is 0 Å². The fourth-order valence-electron chi connectivity index (χ4n) is 3.87. The van der Waals surface area contributed by atoms with E-state index in [4.69, 9.17) is 22.1 Å². The molecule has 8 heteroatoms. The highest BCUT2D eigenvalue weighted by molar-refractivity contribution is 6.32. The number of hydrogen-bond acceptors (Lipinski definition) is 5. The number of nitrogens with zero attached hydrogens (tertiary/aromatic N) is 1. The standard InChI is InChI=1S/C25H20ClN3O4/c26-22-14-23(27)24(29(31)32)13-16(22)7-5-6-12-28-25(30)33-15-21-19-10-3-1-8-17(19)18-9-2-4-11-20(18)21/h1-4,8-11,13-14,21H,6,12,15,27H2,(H,28,30). The summed E-state index contributed by atoms with van der Waals surface area (Å²) in [7, 11) is 0. The van der Waals surface area contributed by atoms with E-state index in [9.17, 15) is 14.9 Å². The Bertz CT molecular complexity index is 1250. The van der Waals surface area contributed by atoms with E-state index in [0.29, 0.717) is 12.0 Å². The highest BCUT2D eigenvalue weighted by Gasteiger charge is 2.28. The molecule has 7 nitrogen and oxygen atoms in total. The molecule has 0 spiro atoms. The molecule has 3 aromatic rings. The first kappa shape index (κ1) is 22.2. The number of nitrogens with one attached hydrogen (secondary N) is 1. The van der Waals surface area contributed by atoms with Crippen molar-refractivity contribution >= 4 is 29.1 Å². The molecule has 166 valence electrons. The van der Waals surface area contributed by atoms with Gasteiger partial charge < -0.3 is 15.8 Å². The van der Waals surface area contributed by atoms with E-state index in [1.165, 1.54) is 23.3 Å². The van der Waals surface area contributed by atoms with Crippen LogP contribution in [-0.2, 0) is 4.74 Å². The van der Waals surface area contributed by atoms with Gasteiger partial charge in [0.15, 0.2) is 0 Å². The zero-order chi connectivity index (χ0) is 23.4. The molecule has 0 unspecified atom stereocenters. The van der Waals surface area contributed by atoms with Gasteiger partial charge in [0.25, 0.3) is 5.69 Å². The van der Waals surface area contributed by atoms with Gasteiger partial charge in [-0.1, -0.05) is 72.0 Å². The van der Waals surface area contributed by atoms with E-state index in [2.05, 4.69) is 41.4 Å². The van der Waals surface area contributed by atoms with Gasteiger partial charge in [0.05, 0.1) is 15.5 Å². The van der Waals surface area contributed by atoms with E-state index < -0.39 is 11.0 Å². The molecule has 4 rings (SSSR count). The van der Waals surface area contributed by atoms with E-state index in [1.807, 2.05) is 24.3 Å². The average molecular weight is 462 g/mol. The molecule has 0 bridgehead atoms. The van der Waals surface area contributed by atoms with Crippen LogP contribution in [-0.4, -0.2) is 24.2 Å². The Balaban J connectivity index is 1.31. The van der Waals surface area contributed by atoms with Crippen molar-refractivity contribution in [3.8, 4) is 23.0 Å². The number of nitro benzene ring substituents is 1. The lowest BCUT2D eigenvalue weighted by atomic mass is 9.98. The predicted molar refractivity (Wildman–Crippen MR) is 127 cm³/mol.